The highest BCUT2D eigenvalue weighted by Gasteiger charge is 2.10. The molecule has 0 spiro atoms. The van der Waals surface area contributed by atoms with Gasteiger partial charge < -0.3 is 9.73 Å². The lowest BCUT2D eigenvalue weighted by atomic mass is 10.2. The Bertz CT molecular complexity index is 706. The summed E-state index contributed by atoms with van der Waals surface area (Å²) in [5, 5.41) is 3.36. The highest BCUT2D eigenvalue weighted by atomic mass is 16.3. The van der Waals surface area contributed by atoms with Crippen LogP contribution in [0.3, 0.4) is 0 Å². The normalized spacial score (nSPS) is 10.9. The van der Waals surface area contributed by atoms with Gasteiger partial charge in [-0.15, -0.1) is 0 Å². The van der Waals surface area contributed by atoms with Gasteiger partial charge in [0.15, 0.2) is 11.4 Å². The second-order valence-electron chi connectivity index (χ2n) is 5.07. The monoisotopic (exact) mass is 281 g/mol. The van der Waals surface area contributed by atoms with Crippen LogP contribution in [0.15, 0.2) is 47.1 Å². The number of aromatic nitrogens is 2. The van der Waals surface area contributed by atoms with E-state index in [-0.39, 0.29) is 0 Å². The molecule has 2 heterocycles. The number of fused-ring (bicyclic) bond motifs is 1. The number of rotatable bonds is 6. The van der Waals surface area contributed by atoms with Crippen LogP contribution >= 0.6 is 0 Å². The van der Waals surface area contributed by atoms with Gasteiger partial charge in [-0.3, -0.25) is 0 Å². The molecule has 0 aliphatic rings. The number of hydrogen-bond donors (Lipinski definition) is 1. The van der Waals surface area contributed by atoms with Crippen molar-refractivity contribution >= 4 is 16.9 Å². The molecule has 0 bridgehead atoms. The number of benzene rings is 1. The molecule has 3 rings (SSSR count). The highest BCUT2D eigenvalue weighted by molar-refractivity contribution is 5.83. The second-order valence-corrected chi connectivity index (χ2v) is 5.07. The van der Waals surface area contributed by atoms with E-state index in [4.69, 9.17) is 4.42 Å². The van der Waals surface area contributed by atoms with E-state index in [1.807, 2.05) is 24.3 Å². The summed E-state index contributed by atoms with van der Waals surface area (Å²) in [6, 6.07) is 12.2. The van der Waals surface area contributed by atoms with Crippen LogP contribution in [0.1, 0.15) is 31.2 Å². The summed E-state index contributed by atoms with van der Waals surface area (Å²) < 4.78 is 5.51. The fourth-order valence-electron chi connectivity index (χ4n) is 2.26. The quantitative estimate of drug-likeness (QED) is 0.736. The Hall–Kier alpha value is -2.36. The van der Waals surface area contributed by atoms with Crippen molar-refractivity contribution in [1.82, 2.24) is 9.97 Å². The van der Waals surface area contributed by atoms with Gasteiger partial charge >= 0.3 is 0 Å². The molecule has 0 fully saturated rings. The van der Waals surface area contributed by atoms with E-state index in [0.717, 1.165) is 48.5 Å². The zero-order valence-corrected chi connectivity index (χ0v) is 12.2. The lowest BCUT2D eigenvalue weighted by Gasteiger charge is -2.08. The minimum Gasteiger partial charge on any atom is -0.459 e. The summed E-state index contributed by atoms with van der Waals surface area (Å²) in [4.78, 5) is 9.15. The molecule has 3 aromatic rings. The summed E-state index contributed by atoms with van der Waals surface area (Å²) in [6.07, 6.45) is 4.80. The first-order valence-corrected chi connectivity index (χ1v) is 7.38. The summed E-state index contributed by atoms with van der Waals surface area (Å²) >= 11 is 0. The fraction of sp³-hybridized carbons (Fsp3) is 0.294. The number of aryl methyl sites for hydroxylation is 1. The smallest absolute Gasteiger partial charge is 0.194 e. The summed E-state index contributed by atoms with van der Waals surface area (Å²) in [7, 11) is 0. The molecular formula is C17H19N3O. The Morgan fingerprint density at radius 1 is 1.10 bits per heavy atom. The maximum absolute atomic E-state index is 5.51. The molecule has 0 aliphatic carbocycles. The number of hydrogen-bond acceptors (Lipinski definition) is 4. The number of nitrogens with zero attached hydrogens (tertiary/aromatic N) is 2. The van der Waals surface area contributed by atoms with Crippen molar-refractivity contribution in [3.8, 4) is 0 Å². The van der Waals surface area contributed by atoms with Gasteiger partial charge in [0.25, 0.3) is 0 Å². The third kappa shape index (κ3) is 3.21. The van der Waals surface area contributed by atoms with Crippen molar-refractivity contribution in [2.75, 3.05) is 5.32 Å². The molecule has 21 heavy (non-hydrogen) atoms. The molecule has 0 amide bonds. The molecule has 0 radical (unpaired) electrons. The van der Waals surface area contributed by atoms with Gasteiger partial charge in [0.05, 0.1) is 6.26 Å². The summed E-state index contributed by atoms with van der Waals surface area (Å²) in [5.41, 5.74) is 2.81. The van der Waals surface area contributed by atoms with Crippen LogP contribution in [0.2, 0.25) is 0 Å². The van der Waals surface area contributed by atoms with Crippen molar-refractivity contribution in [1.29, 1.82) is 0 Å². The van der Waals surface area contributed by atoms with Crippen LogP contribution in [0.4, 0.5) is 5.82 Å². The lowest BCUT2D eigenvalue weighted by molar-refractivity contribution is 0.613. The standard InChI is InChI=1S/C17H19N3O/c1-2-3-9-15-19-14-10-11-21-16(14)17(20-15)18-12-13-7-5-4-6-8-13/h4-8,10-11H,2-3,9,12H2,1H3,(H,18,19,20). The van der Waals surface area contributed by atoms with Crippen molar-refractivity contribution in [3.63, 3.8) is 0 Å². The molecule has 1 N–H and O–H groups in total. The molecule has 0 unspecified atom stereocenters. The highest BCUT2D eigenvalue weighted by Crippen LogP contribution is 2.22. The third-order valence-corrected chi connectivity index (χ3v) is 3.41. The van der Waals surface area contributed by atoms with E-state index in [1.54, 1.807) is 6.26 Å². The van der Waals surface area contributed by atoms with Gasteiger partial charge in [0.1, 0.15) is 11.3 Å². The number of furan rings is 1. The maximum Gasteiger partial charge on any atom is 0.194 e. The van der Waals surface area contributed by atoms with Gasteiger partial charge in [-0.05, 0) is 12.0 Å². The predicted molar refractivity (Wildman–Crippen MR) is 84.2 cm³/mol. The Morgan fingerprint density at radius 2 is 1.95 bits per heavy atom. The molecule has 108 valence electrons. The van der Waals surface area contributed by atoms with E-state index in [1.165, 1.54) is 5.56 Å². The fourth-order valence-corrected chi connectivity index (χ4v) is 2.26. The molecule has 2 aromatic heterocycles. The minimum atomic E-state index is 0.723. The zero-order chi connectivity index (χ0) is 14.5. The van der Waals surface area contributed by atoms with E-state index in [2.05, 4.69) is 34.3 Å². The molecule has 0 aliphatic heterocycles. The summed E-state index contributed by atoms with van der Waals surface area (Å²) in [5.74, 6) is 1.65. The zero-order valence-electron chi connectivity index (χ0n) is 12.2. The first-order valence-electron chi connectivity index (χ1n) is 7.38. The SMILES string of the molecule is CCCCc1nc(NCc2ccccc2)c2occc2n1. The van der Waals surface area contributed by atoms with Crippen LogP contribution in [0, 0.1) is 0 Å². The van der Waals surface area contributed by atoms with Crippen LogP contribution in [0.5, 0.6) is 0 Å². The molecule has 4 heteroatoms. The maximum atomic E-state index is 5.51. The summed E-state index contributed by atoms with van der Waals surface area (Å²) in [6.45, 7) is 2.89. The Labute approximate surface area is 124 Å². The topological polar surface area (TPSA) is 51.0 Å². The third-order valence-electron chi connectivity index (χ3n) is 3.41. The lowest BCUT2D eigenvalue weighted by Crippen LogP contribution is -2.05. The average Bonchev–Trinajstić information content (AvgIpc) is 3.00. The number of unbranched alkanes of at least 4 members (excludes halogenated alkanes) is 1. The van der Waals surface area contributed by atoms with E-state index in [0.29, 0.717) is 0 Å². The van der Waals surface area contributed by atoms with E-state index in [9.17, 15) is 0 Å². The van der Waals surface area contributed by atoms with Crippen molar-refractivity contribution in [3.05, 3.63) is 54.0 Å². The van der Waals surface area contributed by atoms with Crippen LogP contribution < -0.4 is 5.32 Å². The predicted octanol–water partition coefficient (Wildman–Crippen LogP) is 4.18. The Morgan fingerprint density at radius 3 is 2.76 bits per heavy atom. The minimum absolute atomic E-state index is 0.723. The van der Waals surface area contributed by atoms with Crippen molar-refractivity contribution in [2.24, 2.45) is 0 Å². The molecular weight excluding hydrogens is 262 g/mol. The van der Waals surface area contributed by atoms with Gasteiger partial charge in [-0.25, -0.2) is 9.97 Å². The van der Waals surface area contributed by atoms with E-state index < -0.39 is 0 Å². The molecule has 4 nitrogen and oxygen atoms in total. The van der Waals surface area contributed by atoms with Crippen molar-refractivity contribution in [2.45, 2.75) is 32.7 Å². The Balaban J connectivity index is 1.83. The van der Waals surface area contributed by atoms with Gasteiger partial charge in [0, 0.05) is 19.0 Å². The first-order chi connectivity index (χ1) is 10.4. The molecule has 0 atom stereocenters. The van der Waals surface area contributed by atoms with Crippen LogP contribution in [-0.2, 0) is 13.0 Å². The second kappa shape index (κ2) is 6.39. The average molecular weight is 281 g/mol. The van der Waals surface area contributed by atoms with Crippen LogP contribution in [0.25, 0.3) is 11.1 Å². The van der Waals surface area contributed by atoms with Gasteiger partial charge in [0.2, 0.25) is 0 Å². The van der Waals surface area contributed by atoms with Gasteiger partial charge in [-0.2, -0.15) is 0 Å². The Kier molecular flexibility index (Phi) is 4.15. The number of nitrogens with one attached hydrogen (secondary N) is 1. The first kappa shape index (κ1) is 13.6. The molecule has 0 saturated carbocycles. The van der Waals surface area contributed by atoms with Crippen molar-refractivity contribution < 1.29 is 4.42 Å². The van der Waals surface area contributed by atoms with E-state index >= 15 is 0 Å². The van der Waals surface area contributed by atoms with Gasteiger partial charge in [-0.1, -0.05) is 43.7 Å². The molecule has 0 saturated heterocycles. The van der Waals surface area contributed by atoms with Crippen LogP contribution in [-0.4, -0.2) is 9.97 Å². The largest absolute Gasteiger partial charge is 0.459 e. The molecule has 1 aromatic carbocycles. The number of anilines is 1.